The van der Waals surface area contributed by atoms with Gasteiger partial charge in [0.2, 0.25) is 0 Å². The summed E-state index contributed by atoms with van der Waals surface area (Å²) in [5.74, 6) is -1.93. The molecule has 0 amide bonds. The van der Waals surface area contributed by atoms with Crippen LogP contribution in [-0.4, -0.2) is 24.4 Å². The molecule has 0 atom stereocenters. The monoisotopic (exact) mass is 184 g/mol. The van der Waals surface area contributed by atoms with Crippen molar-refractivity contribution in [3.05, 3.63) is 29.8 Å². The second-order valence-corrected chi connectivity index (χ2v) is 2.51. The molecule has 0 saturated heterocycles. The second-order valence-electron chi connectivity index (χ2n) is 2.51. The Bertz CT molecular complexity index is 283. The van der Waals surface area contributed by atoms with Crippen molar-refractivity contribution in [1.82, 2.24) is 0 Å². The average Bonchev–Trinajstić information content (AvgIpc) is 2.18. The van der Waals surface area contributed by atoms with Crippen molar-refractivity contribution in [3.63, 3.8) is 0 Å². The van der Waals surface area contributed by atoms with E-state index in [2.05, 4.69) is 4.74 Å². The highest BCUT2D eigenvalue weighted by Crippen LogP contribution is 2.27. The van der Waals surface area contributed by atoms with E-state index in [0.29, 0.717) is 5.75 Å². The lowest BCUT2D eigenvalue weighted by molar-refractivity contribution is -0.339. The molecule has 4 nitrogen and oxygen atoms in total. The first-order valence-corrected chi connectivity index (χ1v) is 3.75. The molecular weight excluding hydrogens is 172 g/mol. The molecule has 1 rings (SSSR count). The first kappa shape index (κ1) is 9.98. The summed E-state index contributed by atoms with van der Waals surface area (Å²) < 4.78 is 9.43. The summed E-state index contributed by atoms with van der Waals surface area (Å²) in [5.41, 5.74) is 0.181. The van der Waals surface area contributed by atoms with Gasteiger partial charge in [0, 0.05) is 7.11 Å². The standard InChI is InChI=1S/C9H12O4/c1-12-8-6-4-3-5-7(8)9(10,11)13-2/h3-6,10-11H,1-2H3. The van der Waals surface area contributed by atoms with Crippen molar-refractivity contribution in [1.29, 1.82) is 0 Å². The molecule has 0 spiro atoms. The molecule has 0 unspecified atom stereocenters. The van der Waals surface area contributed by atoms with Crippen molar-refractivity contribution >= 4 is 0 Å². The van der Waals surface area contributed by atoms with Crippen LogP contribution in [0.1, 0.15) is 5.56 Å². The molecule has 0 heterocycles. The first-order chi connectivity index (χ1) is 6.11. The van der Waals surface area contributed by atoms with Crippen molar-refractivity contribution in [2.45, 2.75) is 5.97 Å². The van der Waals surface area contributed by atoms with E-state index >= 15 is 0 Å². The minimum absolute atomic E-state index is 0.181. The van der Waals surface area contributed by atoms with E-state index in [4.69, 9.17) is 4.74 Å². The molecule has 0 saturated carbocycles. The van der Waals surface area contributed by atoms with Gasteiger partial charge >= 0.3 is 5.97 Å². The van der Waals surface area contributed by atoms with Gasteiger partial charge in [-0.25, -0.2) is 0 Å². The number of ether oxygens (including phenoxy) is 2. The highest BCUT2D eigenvalue weighted by atomic mass is 16.8. The van der Waals surface area contributed by atoms with Gasteiger partial charge in [0.05, 0.1) is 12.7 Å². The van der Waals surface area contributed by atoms with Gasteiger partial charge in [-0.15, -0.1) is 0 Å². The minimum Gasteiger partial charge on any atom is -0.496 e. The third kappa shape index (κ3) is 1.98. The van der Waals surface area contributed by atoms with E-state index in [1.807, 2.05) is 0 Å². The summed E-state index contributed by atoms with van der Waals surface area (Å²) in [6.45, 7) is 0. The van der Waals surface area contributed by atoms with Gasteiger partial charge in [-0.05, 0) is 12.1 Å². The molecule has 4 heteroatoms. The zero-order chi connectivity index (χ0) is 9.90. The molecule has 13 heavy (non-hydrogen) atoms. The number of hydrogen-bond donors (Lipinski definition) is 2. The summed E-state index contributed by atoms with van der Waals surface area (Å²) in [5, 5.41) is 18.7. The summed E-state index contributed by atoms with van der Waals surface area (Å²) in [4.78, 5) is 0. The molecule has 0 aliphatic heterocycles. The number of rotatable bonds is 3. The summed E-state index contributed by atoms with van der Waals surface area (Å²) in [7, 11) is 2.65. The van der Waals surface area contributed by atoms with Crippen LogP contribution in [0.3, 0.4) is 0 Å². The lowest BCUT2D eigenvalue weighted by atomic mass is 10.1. The molecule has 2 N–H and O–H groups in total. The van der Waals surface area contributed by atoms with Crippen LogP contribution in [0.15, 0.2) is 24.3 Å². The van der Waals surface area contributed by atoms with E-state index < -0.39 is 5.97 Å². The van der Waals surface area contributed by atoms with Crippen molar-refractivity contribution in [3.8, 4) is 5.75 Å². The molecule has 0 bridgehead atoms. The van der Waals surface area contributed by atoms with E-state index in [0.717, 1.165) is 0 Å². The molecule has 0 aliphatic rings. The van der Waals surface area contributed by atoms with Crippen molar-refractivity contribution < 1.29 is 19.7 Å². The number of aliphatic hydroxyl groups is 2. The fourth-order valence-corrected chi connectivity index (χ4v) is 1.02. The first-order valence-electron chi connectivity index (χ1n) is 3.75. The van der Waals surface area contributed by atoms with Gasteiger partial charge in [-0.3, -0.25) is 0 Å². The van der Waals surface area contributed by atoms with Crippen LogP contribution in [-0.2, 0) is 10.7 Å². The molecule has 0 aliphatic carbocycles. The smallest absolute Gasteiger partial charge is 0.310 e. The SMILES string of the molecule is COc1ccccc1C(O)(O)OC. The van der Waals surface area contributed by atoms with Crippen LogP contribution < -0.4 is 4.74 Å². The lowest BCUT2D eigenvalue weighted by Gasteiger charge is -2.21. The van der Waals surface area contributed by atoms with Crippen LogP contribution >= 0.6 is 0 Å². The van der Waals surface area contributed by atoms with Crippen molar-refractivity contribution in [2.75, 3.05) is 14.2 Å². The van der Waals surface area contributed by atoms with Gasteiger partial charge in [0.1, 0.15) is 5.75 Å². The molecule has 0 aromatic heterocycles. The summed E-state index contributed by atoms with van der Waals surface area (Å²) in [6, 6.07) is 6.53. The summed E-state index contributed by atoms with van der Waals surface area (Å²) >= 11 is 0. The normalized spacial score (nSPS) is 11.4. The van der Waals surface area contributed by atoms with Gasteiger partial charge in [0.15, 0.2) is 0 Å². The van der Waals surface area contributed by atoms with E-state index in [-0.39, 0.29) is 5.56 Å². The van der Waals surface area contributed by atoms with Crippen LogP contribution in [0.5, 0.6) is 5.75 Å². The van der Waals surface area contributed by atoms with Gasteiger partial charge in [0.25, 0.3) is 0 Å². The number of hydrogen-bond acceptors (Lipinski definition) is 4. The van der Waals surface area contributed by atoms with Crippen LogP contribution in [0.4, 0.5) is 0 Å². The molecule has 72 valence electrons. The maximum Gasteiger partial charge on any atom is 0.310 e. The van der Waals surface area contributed by atoms with Crippen LogP contribution in [0.25, 0.3) is 0 Å². The van der Waals surface area contributed by atoms with Gasteiger partial charge < -0.3 is 19.7 Å². The average molecular weight is 184 g/mol. The fraction of sp³-hybridized carbons (Fsp3) is 0.333. The lowest BCUT2D eigenvalue weighted by Crippen LogP contribution is -2.27. The Labute approximate surface area is 76.3 Å². The third-order valence-corrected chi connectivity index (χ3v) is 1.74. The molecule has 1 aromatic rings. The van der Waals surface area contributed by atoms with E-state index in [1.165, 1.54) is 20.3 Å². The predicted molar refractivity (Wildman–Crippen MR) is 46.1 cm³/mol. The largest absolute Gasteiger partial charge is 0.496 e. The van der Waals surface area contributed by atoms with Gasteiger partial charge in [-0.2, -0.15) is 0 Å². The topological polar surface area (TPSA) is 58.9 Å². The Kier molecular flexibility index (Phi) is 2.87. The second kappa shape index (κ2) is 3.74. The van der Waals surface area contributed by atoms with Gasteiger partial charge in [-0.1, -0.05) is 12.1 Å². The Morgan fingerprint density at radius 2 is 1.77 bits per heavy atom. The number of benzene rings is 1. The number of methoxy groups -OCH3 is 2. The maximum absolute atomic E-state index is 9.36. The molecule has 0 fully saturated rings. The van der Waals surface area contributed by atoms with E-state index in [1.54, 1.807) is 18.2 Å². The number of para-hydroxylation sites is 1. The third-order valence-electron chi connectivity index (χ3n) is 1.74. The Balaban J connectivity index is 3.12. The summed E-state index contributed by atoms with van der Waals surface area (Å²) in [6.07, 6.45) is 0. The fourth-order valence-electron chi connectivity index (χ4n) is 1.02. The highest BCUT2D eigenvalue weighted by molar-refractivity contribution is 5.35. The predicted octanol–water partition coefficient (Wildman–Crippen LogP) is 0.436. The van der Waals surface area contributed by atoms with Crippen LogP contribution in [0, 0.1) is 0 Å². The quantitative estimate of drug-likeness (QED) is 0.669. The molecular formula is C9H12O4. The Morgan fingerprint density at radius 3 is 2.31 bits per heavy atom. The Morgan fingerprint density at radius 1 is 1.15 bits per heavy atom. The highest BCUT2D eigenvalue weighted by Gasteiger charge is 2.28. The van der Waals surface area contributed by atoms with Crippen LogP contribution in [0.2, 0.25) is 0 Å². The molecule has 0 radical (unpaired) electrons. The Hall–Kier alpha value is -1.10. The molecule has 1 aromatic carbocycles. The van der Waals surface area contributed by atoms with E-state index in [9.17, 15) is 10.2 Å². The zero-order valence-corrected chi connectivity index (χ0v) is 7.52. The maximum atomic E-state index is 9.36. The zero-order valence-electron chi connectivity index (χ0n) is 7.52. The minimum atomic E-state index is -2.30. The van der Waals surface area contributed by atoms with Crippen molar-refractivity contribution in [2.24, 2.45) is 0 Å².